The molecule has 2 aromatic carbocycles. The number of aromatic nitrogens is 1. The molecule has 1 aliphatic heterocycles. The number of hydrogen-bond donors (Lipinski definition) is 1. The predicted octanol–water partition coefficient (Wildman–Crippen LogP) is 4.55. The molecule has 0 radical (unpaired) electrons. The van der Waals surface area contributed by atoms with Crippen molar-refractivity contribution in [1.29, 1.82) is 0 Å². The highest BCUT2D eigenvalue weighted by Gasteiger charge is 2.39. The molecule has 1 fully saturated rings. The normalized spacial score (nSPS) is 17.9. The third kappa shape index (κ3) is 4.79. The molecular weight excluding hydrogens is 487 g/mol. The van der Waals surface area contributed by atoms with E-state index in [9.17, 15) is 23.2 Å². The number of carbonyl (C=O) groups excluding carboxylic acids is 3. The van der Waals surface area contributed by atoms with Crippen molar-refractivity contribution < 1.29 is 23.2 Å². The molecule has 0 aliphatic carbocycles. The van der Waals surface area contributed by atoms with E-state index in [0.29, 0.717) is 21.5 Å². The van der Waals surface area contributed by atoms with Crippen LogP contribution >= 0.6 is 23.2 Å². The van der Waals surface area contributed by atoms with E-state index in [0.717, 1.165) is 0 Å². The first-order chi connectivity index (χ1) is 16.2. The first-order valence-corrected chi connectivity index (χ1v) is 11.3. The van der Waals surface area contributed by atoms with Gasteiger partial charge in [-0.15, -0.1) is 0 Å². The van der Waals surface area contributed by atoms with Crippen molar-refractivity contribution in [3.63, 3.8) is 0 Å². The van der Waals surface area contributed by atoms with Gasteiger partial charge in [0.15, 0.2) is 5.78 Å². The second-order valence-corrected chi connectivity index (χ2v) is 9.06. The second kappa shape index (κ2) is 9.72. The quantitative estimate of drug-likeness (QED) is 0.497. The van der Waals surface area contributed by atoms with E-state index in [1.165, 1.54) is 24.0 Å². The molecule has 0 unspecified atom stereocenters. The van der Waals surface area contributed by atoms with Gasteiger partial charge in [0, 0.05) is 40.7 Å². The number of likely N-dealkylation sites (tertiary alicyclic amines) is 1. The van der Waals surface area contributed by atoms with Gasteiger partial charge in [0.2, 0.25) is 11.8 Å². The lowest BCUT2D eigenvalue weighted by Crippen LogP contribution is -2.46. The summed E-state index contributed by atoms with van der Waals surface area (Å²) in [6.07, 6.45) is 0.0274. The molecule has 0 saturated carbocycles. The topological polar surface area (TPSA) is 71.4 Å². The summed E-state index contributed by atoms with van der Waals surface area (Å²) in [6.45, 7) is 0.835. The van der Waals surface area contributed by atoms with E-state index in [1.54, 1.807) is 35.0 Å². The minimum atomic E-state index is -1.37. The maximum absolute atomic E-state index is 14.3. The van der Waals surface area contributed by atoms with Crippen molar-refractivity contribution in [3.05, 3.63) is 69.6 Å². The Balaban J connectivity index is 1.52. The maximum Gasteiger partial charge on any atom is 0.243 e. The van der Waals surface area contributed by atoms with Crippen LogP contribution < -0.4 is 5.32 Å². The molecular formula is C24H21Cl2F2N3O3. The van der Waals surface area contributed by atoms with Gasteiger partial charge in [0.05, 0.1) is 17.1 Å². The zero-order valence-electron chi connectivity index (χ0n) is 18.2. The van der Waals surface area contributed by atoms with Crippen LogP contribution in [0.15, 0.2) is 42.6 Å². The highest BCUT2D eigenvalue weighted by Crippen LogP contribution is 2.27. The Morgan fingerprint density at radius 2 is 1.94 bits per heavy atom. The van der Waals surface area contributed by atoms with Crippen LogP contribution in [0.25, 0.3) is 10.9 Å². The fourth-order valence-corrected chi connectivity index (χ4v) is 4.57. The molecule has 4 rings (SSSR count). The summed E-state index contributed by atoms with van der Waals surface area (Å²) in [6, 6.07) is 8.38. The Bertz CT molecular complexity index is 1290. The Morgan fingerprint density at radius 3 is 2.68 bits per heavy atom. The number of nitrogens with one attached hydrogen (secondary N) is 1. The minimum Gasteiger partial charge on any atom is -0.350 e. The molecule has 6 nitrogen and oxygen atoms in total. The molecule has 1 saturated heterocycles. The van der Waals surface area contributed by atoms with Gasteiger partial charge in [-0.1, -0.05) is 41.4 Å². The van der Waals surface area contributed by atoms with Crippen LogP contribution in [0.2, 0.25) is 10.0 Å². The highest BCUT2D eigenvalue weighted by molar-refractivity contribution is 6.31. The van der Waals surface area contributed by atoms with Gasteiger partial charge in [-0.2, -0.15) is 0 Å². The van der Waals surface area contributed by atoms with E-state index >= 15 is 0 Å². The number of amides is 2. The number of Topliss-reactive ketones (excluding diaryl/α,β-unsaturated/α-hetero) is 1. The van der Waals surface area contributed by atoms with Gasteiger partial charge in [-0.05, 0) is 25.1 Å². The van der Waals surface area contributed by atoms with E-state index in [4.69, 9.17) is 23.2 Å². The maximum atomic E-state index is 14.3. The number of halogens is 4. The Kier molecular flexibility index (Phi) is 6.91. The molecule has 1 aliphatic rings. The summed E-state index contributed by atoms with van der Waals surface area (Å²) >= 11 is 11.9. The fourth-order valence-electron chi connectivity index (χ4n) is 4.21. The molecule has 2 atom stereocenters. The largest absolute Gasteiger partial charge is 0.350 e. The standard InChI is InChI=1S/C24H21Cl2F2N3O3/c1-13(32)18-11-30(20-7-15(25)5-6-17(18)20)12-22(33)31-10-16(27)8-21(31)24(34)29-9-14-3-2-4-19(26)23(14)28/h2-7,11,16,21H,8-10,12H2,1H3,(H,29,34)/t16-,21+/m1/s1. The van der Waals surface area contributed by atoms with Crippen LogP contribution in [0.4, 0.5) is 8.78 Å². The summed E-state index contributed by atoms with van der Waals surface area (Å²) < 4.78 is 29.9. The monoisotopic (exact) mass is 507 g/mol. The molecule has 1 N–H and O–H groups in total. The first kappa shape index (κ1) is 24.2. The molecule has 34 heavy (non-hydrogen) atoms. The van der Waals surface area contributed by atoms with Gasteiger partial charge in [0.1, 0.15) is 24.6 Å². The summed E-state index contributed by atoms with van der Waals surface area (Å²) in [4.78, 5) is 39.1. The summed E-state index contributed by atoms with van der Waals surface area (Å²) in [7, 11) is 0. The lowest BCUT2D eigenvalue weighted by molar-refractivity contribution is -0.139. The fraction of sp³-hybridized carbons (Fsp3) is 0.292. The highest BCUT2D eigenvalue weighted by atomic mass is 35.5. The zero-order valence-corrected chi connectivity index (χ0v) is 19.7. The number of ketones is 1. The van der Waals surface area contributed by atoms with Crippen LogP contribution in [0.1, 0.15) is 29.3 Å². The van der Waals surface area contributed by atoms with Gasteiger partial charge in [-0.3, -0.25) is 14.4 Å². The van der Waals surface area contributed by atoms with Crippen LogP contribution in [-0.4, -0.2) is 45.8 Å². The number of carbonyl (C=O) groups is 3. The van der Waals surface area contributed by atoms with Crippen molar-refractivity contribution in [3.8, 4) is 0 Å². The number of alkyl halides is 1. The van der Waals surface area contributed by atoms with Crippen LogP contribution in [-0.2, 0) is 22.7 Å². The molecule has 10 heteroatoms. The zero-order chi connectivity index (χ0) is 24.6. The molecule has 2 amide bonds. The summed E-state index contributed by atoms with van der Waals surface area (Å²) in [5, 5.41) is 3.58. The van der Waals surface area contributed by atoms with Crippen molar-refractivity contribution in [2.24, 2.45) is 0 Å². The van der Waals surface area contributed by atoms with Gasteiger partial charge in [0.25, 0.3) is 0 Å². The van der Waals surface area contributed by atoms with Crippen LogP contribution in [0.3, 0.4) is 0 Å². The molecule has 0 spiro atoms. The molecule has 1 aromatic heterocycles. The lowest BCUT2D eigenvalue weighted by Gasteiger charge is -2.24. The van der Waals surface area contributed by atoms with Gasteiger partial charge >= 0.3 is 0 Å². The molecule has 3 aromatic rings. The first-order valence-electron chi connectivity index (χ1n) is 10.6. The number of fused-ring (bicyclic) bond motifs is 1. The molecule has 2 heterocycles. The Labute approximate surface area is 204 Å². The summed E-state index contributed by atoms with van der Waals surface area (Å²) in [5.41, 5.74) is 1.20. The SMILES string of the molecule is CC(=O)c1cn(CC(=O)N2C[C@H](F)C[C@H]2C(=O)NCc2cccc(Cl)c2F)c2cc(Cl)ccc12. The van der Waals surface area contributed by atoms with E-state index < -0.39 is 29.8 Å². The number of hydrogen-bond acceptors (Lipinski definition) is 3. The van der Waals surface area contributed by atoms with E-state index in [1.807, 2.05) is 0 Å². The smallest absolute Gasteiger partial charge is 0.243 e. The average Bonchev–Trinajstić information content (AvgIpc) is 3.35. The van der Waals surface area contributed by atoms with E-state index in [2.05, 4.69) is 5.32 Å². The van der Waals surface area contributed by atoms with Gasteiger partial charge in [-0.25, -0.2) is 8.78 Å². The van der Waals surface area contributed by atoms with Gasteiger partial charge < -0.3 is 14.8 Å². The average molecular weight is 508 g/mol. The van der Waals surface area contributed by atoms with Crippen LogP contribution in [0, 0.1) is 5.82 Å². The van der Waals surface area contributed by atoms with Crippen molar-refractivity contribution in [2.75, 3.05) is 6.54 Å². The van der Waals surface area contributed by atoms with Crippen molar-refractivity contribution >= 4 is 51.7 Å². The predicted molar refractivity (Wildman–Crippen MR) is 125 cm³/mol. The third-order valence-corrected chi connectivity index (χ3v) is 6.41. The van der Waals surface area contributed by atoms with E-state index in [-0.39, 0.29) is 42.4 Å². The Morgan fingerprint density at radius 1 is 1.18 bits per heavy atom. The molecule has 178 valence electrons. The number of benzene rings is 2. The third-order valence-electron chi connectivity index (χ3n) is 5.89. The van der Waals surface area contributed by atoms with Crippen molar-refractivity contribution in [2.45, 2.75) is 38.6 Å². The summed E-state index contributed by atoms with van der Waals surface area (Å²) in [5.74, 6) is -1.89. The van der Waals surface area contributed by atoms with Crippen LogP contribution in [0.5, 0.6) is 0 Å². The number of nitrogens with zero attached hydrogens (tertiary/aromatic N) is 2. The minimum absolute atomic E-state index is 0.0720. The molecule has 0 bridgehead atoms. The Hall–Kier alpha value is -2.97. The lowest BCUT2D eigenvalue weighted by atomic mass is 10.1. The number of rotatable bonds is 6. The second-order valence-electron chi connectivity index (χ2n) is 8.21. The van der Waals surface area contributed by atoms with Crippen molar-refractivity contribution in [1.82, 2.24) is 14.8 Å².